The molecule has 0 aromatic carbocycles. The summed E-state index contributed by atoms with van der Waals surface area (Å²) in [5, 5.41) is 3.59. The van der Waals surface area contributed by atoms with Crippen molar-refractivity contribution in [2.75, 3.05) is 6.54 Å². The molecule has 0 saturated heterocycles. The maximum atomic E-state index is 3.59. The van der Waals surface area contributed by atoms with Gasteiger partial charge in [0.05, 0.1) is 0 Å². The van der Waals surface area contributed by atoms with E-state index in [2.05, 4.69) is 59.0 Å². The van der Waals surface area contributed by atoms with Gasteiger partial charge in [0.2, 0.25) is 0 Å². The van der Waals surface area contributed by atoms with Crippen LogP contribution in [0.3, 0.4) is 0 Å². The van der Waals surface area contributed by atoms with Crippen molar-refractivity contribution in [3.8, 4) is 0 Å². The van der Waals surface area contributed by atoms with Crippen molar-refractivity contribution in [1.82, 2.24) is 5.32 Å². The largest absolute Gasteiger partial charge is 0.310 e. The van der Waals surface area contributed by atoms with Crippen LogP contribution in [0, 0.1) is 5.92 Å². The highest BCUT2D eigenvalue weighted by Crippen LogP contribution is 2.12. The van der Waals surface area contributed by atoms with Gasteiger partial charge in [-0.1, -0.05) is 44.1 Å². The highest BCUT2D eigenvalue weighted by molar-refractivity contribution is 5.18. The van der Waals surface area contributed by atoms with Crippen molar-refractivity contribution in [3.63, 3.8) is 0 Å². The van der Waals surface area contributed by atoms with Gasteiger partial charge in [-0.3, -0.25) is 0 Å². The molecule has 0 aliphatic rings. The van der Waals surface area contributed by atoms with Crippen LogP contribution in [0.25, 0.3) is 0 Å². The lowest BCUT2D eigenvalue weighted by atomic mass is 9.96. The van der Waals surface area contributed by atoms with Crippen molar-refractivity contribution in [3.05, 3.63) is 23.3 Å². The van der Waals surface area contributed by atoms with E-state index in [0.29, 0.717) is 12.0 Å². The molecule has 1 atom stereocenters. The van der Waals surface area contributed by atoms with E-state index in [-0.39, 0.29) is 0 Å². The lowest BCUT2D eigenvalue weighted by Crippen LogP contribution is -2.35. The Bertz CT molecular complexity index is 219. The minimum absolute atomic E-state index is 0.514. The van der Waals surface area contributed by atoms with Crippen LogP contribution in [-0.4, -0.2) is 12.6 Å². The van der Waals surface area contributed by atoms with Crippen molar-refractivity contribution < 1.29 is 0 Å². The molecule has 0 amide bonds. The molecule has 0 rings (SSSR count). The third-order valence-electron chi connectivity index (χ3n) is 2.45. The highest BCUT2D eigenvalue weighted by atomic mass is 14.9. The Morgan fingerprint density at radius 3 is 2.13 bits per heavy atom. The highest BCUT2D eigenvalue weighted by Gasteiger charge is 2.13. The van der Waals surface area contributed by atoms with E-state index in [1.807, 2.05) is 0 Å². The van der Waals surface area contributed by atoms with Gasteiger partial charge in [-0.15, -0.1) is 0 Å². The fourth-order valence-corrected chi connectivity index (χ4v) is 1.62. The fourth-order valence-electron chi connectivity index (χ4n) is 1.62. The Balaban J connectivity index is 4.47. The standard InChI is InChI=1S/C14H27N/c1-7-10-15-14(12(4)5)13(6)9-8-11(2)3/h8-9,12,14-15H,7,10H2,1-6H3/b13-9+. The quantitative estimate of drug-likeness (QED) is 0.654. The normalized spacial score (nSPS) is 14.2. The zero-order valence-electron chi connectivity index (χ0n) is 11.2. The zero-order valence-corrected chi connectivity index (χ0v) is 11.2. The molecule has 0 aliphatic carbocycles. The topological polar surface area (TPSA) is 12.0 Å². The summed E-state index contributed by atoms with van der Waals surface area (Å²) < 4.78 is 0. The number of allylic oxidation sites excluding steroid dienone is 3. The Morgan fingerprint density at radius 2 is 1.73 bits per heavy atom. The minimum Gasteiger partial charge on any atom is -0.310 e. The third kappa shape index (κ3) is 6.51. The molecule has 0 aromatic heterocycles. The molecule has 15 heavy (non-hydrogen) atoms. The fraction of sp³-hybridized carbons (Fsp3) is 0.714. The summed E-state index contributed by atoms with van der Waals surface area (Å²) >= 11 is 0. The van der Waals surface area contributed by atoms with E-state index < -0.39 is 0 Å². The van der Waals surface area contributed by atoms with Gasteiger partial charge in [0.1, 0.15) is 0 Å². The van der Waals surface area contributed by atoms with Gasteiger partial charge in [-0.25, -0.2) is 0 Å². The first kappa shape index (κ1) is 14.4. The molecule has 0 saturated carbocycles. The first-order valence-corrected chi connectivity index (χ1v) is 6.04. The lowest BCUT2D eigenvalue weighted by molar-refractivity contribution is 0.446. The molecule has 1 heteroatoms. The van der Waals surface area contributed by atoms with Crippen molar-refractivity contribution >= 4 is 0 Å². The van der Waals surface area contributed by atoms with Gasteiger partial charge in [0.15, 0.2) is 0 Å². The molecule has 0 heterocycles. The maximum absolute atomic E-state index is 3.59. The minimum atomic E-state index is 0.514. The third-order valence-corrected chi connectivity index (χ3v) is 2.45. The summed E-state index contributed by atoms with van der Waals surface area (Å²) in [6.07, 6.45) is 5.63. The van der Waals surface area contributed by atoms with Crippen LogP contribution in [-0.2, 0) is 0 Å². The second kappa shape index (κ2) is 7.70. The van der Waals surface area contributed by atoms with Gasteiger partial charge in [0, 0.05) is 6.04 Å². The molecule has 0 bridgehead atoms. The van der Waals surface area contributed by atoms with E-state index in [9.17, 15) is 0 Å². The number of nitrogens with one attached hydrogen (secondary N) is 1. The summed E-state index contributed by atoms with van der Waals surface area (Å²) in [7, 11) is 0. The van der Waals surface area contributed by atoms with Crippen molar-refractivity contribution in [2.45, 2.75) is 54.0 Å². The summed E-state index contributed by atoms with van der Waals surface area (Å²) in [4.78, 5) is 0. The number of rotatable bonds is 6. The predicted octanol–water partition coefficient (Wildman–Crippen LogP) is 3.92. The molecule has 0 aliphatic heterocycles. The van der Waals surface area contributed by atoms with Crippen LogP contribution in [0.5, 0.6) is 0 Å². The van der Waals surface area contributed by atoms with Gasteiger partial charge in [0.25, 0.3) is 0 Å². The van der Waals surface area contributed by atoms with Crippen LogP contribution in [0.15, 0.2) is 23.3 Å². The maximum Gasteiger partial charge on any atom is 0.0302 e. The summed E-state index contributed by atoms with van der Waals surface area (Å²) in [6.45, 7) is 14.3. The lowest BCUT2D eigenvalue weighted by Gasteiger charge is -2.23. The molecular weight excluding hydrogens is 182 g/mol. The van der Waals surface area contributed by atoms with Crippen LogP contribution in [0.4, 0.5) is 0 Å². The molecule has 1 N–H and O–H groups in total. The van der Waals surface area contributed by atoms with E-state index >= 15 is 0 Å². The molecule has 0 fully saturated rings. The van der Waals surface area contributed by atoms with Crippen LogP contribution in [0.1, 0.15) is 48.0 Å². The Kier molecular flexibility index (Phi) is 7.41. The van der Waals surface area contributed by atoms with E-state index in [4.69, 9.17) is 0 Å². The number of hydrogen-bond acceptors (Lipinski definition) is 1. The van der Waals surface area contributed by atoms with E-state index in [0.717, 1.165) is 6.54 Å². The SMILES string of the molecule is CCCNC(/C(C)=C/C=C(C)C)C(C)C. The van der Waals surface area contributed by atoms with Crippen molar-refractivity contribution in [2.24, 2.45) is 5.92 Å². The molecule has 0 aromatic rings. The van der Waals surface area contributed by atoms with Crippen LogP contribution in [0.2, 0.25) is 0 Å². The molecule has 88 valence electrons. The first-order chi connectivity index (χ1) is 6.99. The van der Waals surface area contributed by atoms with E-state index in [1.165, 1.54) is 17.6 Å². The first-order valence-electron chi connectivity index (χ1n) is 6.04. The van der Waals surface area contributed by atoms with Crippen LogP contribution < -0.4 is 5.32 Å². The van der Waals surface area contributed by atoms with Gasteiger partial charge < -0.3 is 5.32 Å². The summed E-state index contributed by atoms with van der Waals surface area (Å²) in [5.41, 5.74) is 2.78. The second-order valence-corrected chi connectivity index (χ2v) is 4.83. The second-order valence-electron chi connectivity index (χ2n) is 4.83. The predicted molar refractivity (Wildman–Crippen MR) is 70.1 cm³/mol. The van der Waals surface area contributed by atoms with Gasteiger partial charge in [-0.2, -0.15) is 0 Å². The monoisotopic (exact) mass is 209 g/mol. The average molecular weight is 209 g/mol. The van der Waals surface area contributed by atoms with Crippen LogP contribution >= 0.6 is 0 Å². The van der Waals surface area contributed by atoms with E-state index in [1.54, 1.807) is 0 Å². The Hall–Kier alpha value is -0.560. The van der Waals surface area contributed by atoms with Crippen molar-refractivity contribution in [1.29, 1.82) is 0 Å². The molecule has 1 unspecified atom stereocenters. The average Bonchev–Trinajstić information content (AvgIpc) is 2.14. The molecule has 1 nitrogen and oxygen atoms in total. The number of hydrogen-bond donors (Lipinski definition) is 1. The Morgan fingerprint density at radius 1 is 1.13 bits per heavy atom. The smallest absolute Gasteiger partial charge is 0.0302 e. The molecule has 0 spiro atoms. The molecule has 0 radical (unpaired) electrons. The van der Waals surface area contributed by atoms with Gasteiger partial charge in [-0.05, 0) is 39.7 Å². The zero-order chi connectivity index (χ0) is 11.8. The Labute approximate surface area is 95.7 Å². The summed E-state index contributed by atoms with van der Waals surface area (Å²) in [6, 6.07) is 0.514. The van der Waals surface area contributed by atoms with Gasteiger partial charge >= 0.3 is 0 Å². The molecular formula is C14H27N. The summed E-state index contributed by atoms with van der Waals surface area (Å²) in [5.74, 6) is 0.651.